The molecule has 0 fully saturated rings. The van der Waals surface area contributed by atoms with Gasteiger partial charge in [0.05, 0.1) is 0 Å². The zero-order valence-electron chi connectivity index (χ0n) is 7.79. The molecule has 0 spiro atoms. The normalized spacial score (nSPS) is 9.92. The second kappa shape index (κ2) is 5.51. The van der Waals surface area contributed by atoms with Crippen LogP contribution in [0.5, 0.6) is 0 Å². The van der Waals surface area contributed by atoms with Crippen LogP contribution in [0.15, 0.2) is 30.8 Å². The molecule has 0 unspecified atom stereocenters. The molecule has 13 heavy (non-hydrogen) atoms. The van der Waals surface area contributed by atoms with Crippen LogP contribution in [0.3, 0.4) is 0 Å². The second-order valence-corrected chi connectivity index (χ2v) is 2.87. The Bertz CT molecular complexity index is 269. The Balaban J connectivity index is 2.59. The molecule has 0 amide bonds. The summed E-state index contributed by atoms with van der Waals surface area (Å²) in [6, 6.07) is 8.21. The Morgan fingerprint density at radius 2 is 2.15 bits per heavy atom. The molecule has 0 bridgehead atoms. The molecule has 0 radical (unpaired) electrons. The number of nitrogens with one attached hydrogen (secondary N) is 1. The third-order valence-corrected chi connectivity index (χ3v) is 1.91. The Hall–Kier alpha value is -1.12. The number of benzene rings is 1. The van der Waals surface area contributed by atoms with Crippen molar-refractivity contribution in [2.24, 2.45) is 5.73 Å². The van der Waals surface area contributed by atoms with E-state index in [1.807, 2.05) is 18.2 Å². The molecule has 2 nitrogen and oxygen atoms in total. The van der Waals surface area contributed by atoms with Crippen molar-refractivity contribution in [3.63, 3.8) is 0 Å². The van der Waals surface area contributed by atoms with Crippen molar-refractivity contribution in [3.05, 3.63) is 42.0 Å². The Labute approximate surface area is 79.5 Å². The van der Waals surface area contributed by atoms with Crippen molar-refractivity contribution in [3.8, 4) is 0 Å². The molecular formula is C11H16N2. The van der Waals surface area contributed by atoms with E-state index in [9.17, 15) is 0 Å². The van der Waals surface area contributed by atoms with Crippen molar-refractivity contribution >= 4 is 6.08 Å². The predicted octanol–water partition coefficient (Wildman–Crippen LogP) is 1.38. The summed E-state index contributed by atoms with van der Waals surface area (Å²) in [6.45, 7) is 6.16. The van der Waals surface area contributed by atoms with Crippen LogP contribution >= 0.6 is 0 Å². The van der Waals surface area contributed by atoms with Gasteiger partial charge in [0.25, 0.3) is 0 Å². The molecule has 70 valence electrons. The van der Waals surface area contributed by atoms with Gasteiger partial charge in [-0.25, -0.2) is 0 Å². The number of hydrogen-bond acceptors (Lipinski definition) is 2. The van der Waals surface area contributed by atoms with E-state index in [0.29, 0.717) is 6.54 Å². The maximum absolute atomic E-state index is 5.38. The van der Waals surface area contributed by atoms with Gasteiger partial charge in [-0.05, 0) is 11.1 Å². The van der Waals surface area contributed by atoms with Gasteiger partial charge in [-0.15, -0.1) is 0 Å². The van der Waals surface area contributed by atoms with Gasteiger partial charge in [0.2, 0.25) is 0 Å². The summed E-state index contributed by atoms with van der Waals surface area (Å²) >= 11 is 0. The van der Waals surface area contributed by atoms with Crippen molar-refractivity contribution in [2.75, 3.05) is 13.1 Å². The van der Waals surface area contributed by atoms with E-state index in [2.05, 4.69) is 24.0 Å². The first kappa shape index (κ1) is 9.96. The number of hydrogen-bond donors (Lipinski definition) is 2. The van der Waals surface area contributed by atoms with Gasteiger partial charge in [0.15, 0.2) is 0 Å². The predicted molar refractivity (Wildman–Crippen MR) is 57.3 cm³/mol. The highest BCUT2D eigenvalue weighted by Crippen LogP contribution is 2.08. The molecule has 0 aliphatic rings. The summed E-state index contributed by atoms with van der Waals surface area (Å²) in [5, 5.41) is 3.25. The number of nitrogens with two attached hydrogens (primary N) is 1. The highest BCUT2D eigenvalue weighted by Gasteiger charge is 1.95. The third-order valence-electron chi connectivity index (χ3n) is 1.91. The lowest BCUT2D eigenvalue weighted by Gasteiger charge is -2.06. The summed E-state index contributed by atoms with van der Waals surface area (Å²) in [6.07, 6.45) is 1.87. The van der Waals surface area contributed by atoms with E-state index in [1.165, 1.54) is 11.1 Å². The molecule has 1 aromatic rings. The Morgan fingerprint density at radius 3 is 2.85 bits per heavy atom. The fourth-order valence-electron chi connectivity index (χ4n) is 1.22. The average Bonchev–Trinajstić information content (AvgIpc) is 2.19. The van der Waals surface area contributed by atoms with E-state index in [4.69, 9.17) is 5.73 Å². The standard InChI is InChI=1S/C11H16N2/c1-2-10-5-3-4-6-11(10)9-13-8-7-12/h2-6,13H,1,7-9,12H2. The van der Waals surface area contributed by atoms with Crippen LogP contribution in [-0.4, -0.2) is 13.1 Å². The zero-order valence-corrected chi connectivity index (χ0v) is 7.79. The Morgan fingerprint density at radius 1 is 1.38 bits per heavy atom. The topological polar surface area (TPSA) is 38.0 Å². The summed E-state index contributed by atoms with van der Waals surface area (Å²) in [5.74, 6) is 0. The van der Waals surface area contributed by atoms with Gasteiger partial charge in [-0.2, -0.15) is 0 Å². The second-order valence-electron chi connectivity index (χ2n) is 2.87. The Kier molecular flexibility index (Phi) is 4.23. The van der Waals surface area contributed by atoms with E-state index in [-0.39, 0.29) is 0 Å². The van der Waals surface area contributed by atoms with E-state index >= 15 is 0 Å². The highest BCUT2D eigenvalue weighted by molar-refractivity contribution is 5.51. The molecule has 0 atom stereocenters. The molecule has 0 aliphatic carbocycles. The van der Waals surface area contributed by atoms with E-state index in [1.54, 1.807) is 0 Å². The third kappa shape index (κ3) is 3.01. The fraction of sp³-hybridized carbons (Fsp3) is 0.273. The van der Waals surface area contributed by atoms with Gasteiger partial charge in [-0.1, -0.05) is 36.9 Å². The van der Waals surface area contributed by atoms with Crippen LogP contribution in [0.25, 0.3) is 6.08 Å². The number of rotatable bonds is 5. The largest absolute Gasteiger partial charge is 0.329 e. The van der Waals surface area contributed by atoms with Gasteiger partial charge in [-0.3, -0.25) is 0 Å². The van der Waals surface area contributed by atoms with Gasteiger partial charge in [0, 0.05) is 19.6 Å². The van der Waals surface area contributed by atoms with Crippen molar-refractivity contribution in [2.45, 2.75) is 6.54 Å². The van der Waals surface area contributed by atoms with Crippen LogP contribution in [0.2, 0.25) is 0 Å². The highest BCUT2D eigenvalue weighted by atomic mass is 14.9. The SMILES string of the molecule is C=Cc1ccccc1CNCCN. The maximum Gasteiger partial charge on any atom is 0.0211 e. The quantitative estimate of drug-likeness (QED) is 0.665. The van der Waals surface area contributed by atoms with Crippen LogP contribution in [0, 0.1) is 0 Å². The first-order valence-corrected chi connectivity index (χ1v) is 4.49. The molecule has 0 heterocycles. The molecule has 0 aromatic heterocycles. The molecule has 3 N–H and O–H groups in total. The van der Waals surface area contributed by atoms with E-state index in [0.717, 1.165) is 13.1 Å². The van der Waals surface area contributed by atoms with Gasteiger partial charge in [0.1, 0.15) is 0 Å². The van der Waals surface area contributed by atoms with Crippen LogP contribution in [-0.2, 0) is 6.54 Å². The summed E-state index contributed by atoms with van der Waals surface area (Å²) < 4.78 is 0. The first-order chi connectivity index (χ1) is 6.38. The summed E-state index contributed by atoms with van der Waals surface area (Å²) in [7, 11) is 0. The van der Waals surface area contributed by atoms with Crippen LogP contribution < -0.4 is 11.1 Å². The van der Waals surface area contributed by atoms with Crippen molar-refractivity contribution < 1.29 is 0 Å². The maximum atomic E-state index is 5.38. The van der Waals surface area contributed by atoms with Gasteiger partial charge < -0.3 is 11.1 Å². The fourth-order valence-corrected chi connectivity index (χ4v) is 1.22. The summed E-state index contributed by atoms with van der Waals surface area (Å²) in [5.41, 5.74) is 7.84. The lowest BCUT2D eigenvalue weighted by Crippen LogP contribution is -2.22. The van der Waals surface area contributed by atoms with Crippen LogP contribution in [0.1, 0.15) is 11.1 Å². The molecule has 1 rings (SSSR count). The minimum atomic E-state index is 0.677. The molecular weight excluding hydrogens is 160 g/mol. The molecule has 0 saturated carbocycles. The average molecular weight is 176 g/mol. The smallest absolute Gasteiger partial charge is 0.0211 e. The van der Waals surface area contributed by atoms with Crippen LogP contribution in [0.4, 0.5) is 0 Å². The molecule has 2 heteroatoms. The lowest BCUT2D eigenvalue weighted by atomic mass is 10.1. The molecule has 0 aliphatic heterocycles. The van der Waals surface area contributed by atoms with E-state index < -0.39 is 0 Å². The monoisotopic (exact) mass is 176 g/mol. The first-order valence-electron chi connectivity index (χ1n) is 4.49. The van der Waals surface area contributed by atoms with Crippen molar-refractivity contribution in [1.82, 2.24) is 5.32 Å². The molecule has 0 saturated heterocycles. The van der Waals surface area contributed by atoms with Crippen molar-refractivity contribution in [1.29, 1.82) is 0 Å². The minimum absolute atomic E-state index is 0.677. The lowest BCUT2D eigenvalue weighted by molar-refractivity contribution is 0.694. The minimum Gasteiger partial charge on any atom is -0.329 e. The zero-order chi connectivity index (χ0) is 9.52. The van der Waals surface area contributed by atoms with Gasteiger partial charge >= 0.3 is 0 Å². The molecule has 1 aromatic carbocycles. The summed E-state index contributed by atoms with van der Waals surface area (Å²) in [4.78, 5) is 0.